The number of aliphatic hydroxyl groups is 2. The summed E-state index contributed by atoms with van der Waals surface area (Å²) >= 11 is 1.99. The van der Waals surface area contributed by atoms with Gasteiger partial charge < -0.3 is 10.2 Å². The summed E-state index contributed by atoms with van der Waals surface area (Å²) in [5.41, 5.74) is 0.0973. The third-order valence-electron chi connectivity index (χ3n) is 3.62. The van der Waals surface area contributed by atoms with E-state index in [1.54, 1.807) is 0 Å². The molecule has 0 amide bonds. The molecule has 1 aliphatic rings. The van der Waals surface area contributed by atoms with Gasteiger partial charge in [-0.25, -0.2) is 0 Å². The maximum atomic E-state index is 9.46. The van der Waals surface area contributed by atoms with E-state index in [1.165, 1.54) is 5.75 Å². The first kappa shape index (κ1) is 12.3. The van der Waals surface area contributed by atoms with Crippen LogP contribution in [0.2, 0.25) is 0 Å². The summed E-state index contributed by atoms with van der Waals surface area (Å²) in [5, 5.41) is 18.8. The zero-order valence-corrected chi connectivity index (χ0v) is 10.0. The maximum absolute atomic E-state index is 9.46. The molecule has 1 heterocycles. The molecule has 1 aliphatic heterocycles. The van der Waals surface area contributed by atoms with Gasteiger partial charge in [-0.05, 0) is 24.5 Å². The van der Waals surface area contributed by atoms with Crippen LogP contribution in [0.1, 0.15) is 33.1 Å². The molecule has 0 saturated carbocycles. The molecule has 0 radical (unpaired) electrons. The van der Waals surface area contributed by atoms with E-state index in [2.05, 4.69) is 13.8 Å². The van der Waals surface area contributed by atoms with Crippen LogP contribution in [-0.2, 0) is 0 Å². The Kier molecular flexibility index (Phi) is 4.74. The lowest BCUT2D eigenvalue weighted by molar-refractivity contribution is 0.0994. The molecule has 0 aromatic rings. The molecule has 3 heteroatoms. The molecule has 1 saturated heterocycles. The SMILES string of the molecule is CC1CS[C@H](CCCCO)[C@@]1(C)CO. The first-order valence-corrected chi connectivity index (χ1v) is 6.53. The maximum Gasteiger partial charge on any atom is 0.0498 e. The highest BCUT2D eigenvalue weighted by Crippen LogP contribution is 2.48. The van der Waals surface area contributed by atoms with Crippen molar-refractivity contribution in [1.82, 2.24) is 0 Å². The van der Waals surface area contributed by atoms with Crippen molar-refractivity contribution < 1.29 is 10.2 Å². The molecule has 1 fully saturated rings. The smallest absolute Gasteiger partial charge is 0.0498 e. The highest BCUT2D eigenvalue weighted by molar-refractivity contribution is 8.00. The zero-order valence-electron chi connectivity index (χ0n) is 9.20. The fourth-order valence-electron chi connectivity index (χ4n) is 2.07. The van der Waals surface area contributed by atoms with E-state index in [1.807, 2.05) is 11.8 Å². The number of unbranched alkanes of at least 4 members (excludes halogenated alkanes) is 1. The number of hydrogen-bond donors (Lipinski definition) is 2. The van der Waals surface area contributed by atoms with Gasteiger partial charge in [0.1, 0.15) is 0 Å². The average Bonchev–Trinajstić information content (AvgIpc) is 2.47. The first-order chi connectivity index (χ1) is 6.65. The molecule has 3 atom stereocenters. The Bertz CT molecular complexity index is 175. The summed E-state index contributed by atoms with van der Waals surface area (Å²) in [6.45, 7) is 5.02. The Morgan fingerprint density at radius 1 is 1.36 bits per heavy atom. The minimum Gasteiger partial charge on any atom is -0.396 e. The highest BCUT2D eigenvalue weighted by Gasteiger charge is 2.43. The molecule has 2 nitrogen and oxygen atoms in total. The Balaban J connectivity index is 2.44. The van der Waals surface area contributed by atoms with Crippen LogP contribution in [0.5, 0.6) is 0 Å². The fourth-order valence-corrected chi connectivity index (χ4v) is 3.99. The van der Waals surface area contributed by atoms with Crippen molar-refractivity contribution in [3.05, 3.63) is 0 Å². The van der Waals surface area contributed by atoms with Gasteiger partial charge in [-0.3, -0.25) is 0 Å². The van der Waals surface area contributed by atoms with E-state index >= 15 is 0 Å². The lowest BCUT2D eigenvalue weighted by atomic mass is 9.76. The lowest BCUT2D eigenvalue weighted by Crippen LogP contribution is -2.34. The Hall–Kier alpha value is 0.270. The van der Waals surface area contributed by atoms with Crippen LogP contribution in [0.25, 0.3) is 0 Å². The summed E-state index contributed by atoms with van der Waals surface area (Å²) in [6, 6.07) is 0. The van der Waals surface area contributed by atoms with E-state index in [4.69, 9.17) is 5.11 Å². The van der Waals surface area contributed by atoms with Gasteiger partial charge >= 0.3 is 0 Å². The van der Waals surface area contributed by atoms with Gasteiger partial charge in [-0.1, -0.05) is 20.3 Å². The van der Waals surface area contributed by atoms with Crippen molar-refractivity contribution in [2.24, 2.45) is 11.3 Å². The van der Waals surface area contributed by atoms with E-state index in [0.717, 1.165) is 19.3 Å². The van der Waals surface area contributed by atoms with Crippen LogP contribution in [-0.4, -0.2) is 34.4 Å². The largest absolute Gasteiger partial charge is 0.396 e. The number of aliphatic hydroxyl groups excluding tert-OH is 2. The summed E-state index contributed by atoms with van der Waals surface area (Å²) in [4.78, 5) is 0. The Morgan fingerprint density at radius 2 is 2.07 bits per heavy atom. The van der Waals surface area contributed by atoms with Gasteiger partial charge in [0.2, 0.25) is 0 Å². The zero-order chi connectivity index (χ0) is 10.6. The molecular formula is C11H22O2S. The van der Waals surface area contributed by atoms with Crippen LogP contribution < -0.4 is 0 Å². The van der Waals surface area contributed by atoms with Crippen molar-refractivity contribution in [3.8, 4) is 0 Å². The molecule has 84 valence electrons. The monoisotopic (exact) mass is 218 g/mol. The Morgan fingerprint density at radius 3 is 2.64 bits per heavy atom. The van der Waals surface area contributed by atoms with Gasteiger partial charge in [0, 0.05) is 23.9 Å². The van der Waals surface area contributed by atoms with Crippen LogP contribution in [0.3, 0.4) is 0 Å². The predicted molar refractivity (Wildman–Crippen MR) is 61.5 cm³/mol. The van der Waals surface area contributed by atoms with Gasteiger partial charge in [0.25, 0.3) is 0 Å². The summed E-state index contributed by atoms with van der Waals surface area (Å²) in [5.74, 6) is 1.78. The van der Waals surface area contributed by atoms with E-state index < -0.39 is 0 Å². The summed E-state index contributed by atoms with van der Waals surface area (Å²) in [7, 11) is 0. The fraction of sp³-hybridized carbons (Fsp3) is 1.00. The van der Waals surface area contributed by atoms with Crippen molar-refractivity contribution >= 4 is 11.8 Å². The topological polar surface area (TPSA) is 40.5 Å². The standard InChI is InChI=1S/C11H22O2S/c1-9-7-14-10(5-3-4-6-12)11(9,2)8-13/h9-10,12-13H,3-8H2,1-2H3/t9?,10-,11+/m1/s1. The molecule has 0 aromatic heterocycles. The molecule has 0 aromatic carbocycles. The third kappa shape index (κ3) is 2.44. The molecular weight excluding hydrogens is 196 g/mol. The van der Waals surface area contributed by atoms with E-state index in [0.29, 0.717) is 24.4 Å². The van der Waals surface area contributed by atoms with Crippen LogP contribution in [0, 0.1) is 11.3 Å². The van der Waals surface area contributed by atoms with Crippen molar-refractivity contribution in [1.29, 1.82) is 0 Å². The second kappa shape index (κ2) is 5.38. The normalized spacial score (nSPS) is 37.7. The average molecular weight is 218 g/mol. The minimum atomic E-state index is 0.0973. The summed E-state index contributed by atoms with van der Waals surface area (Å²) in [6.07, 6.45) is 3.11. The number of rotatable bonds is 5. The van der Waals surface area contributed by atoms with Crippen molar-refractivity contribution in [3.63, 3.8) is 0 Å². The van der Waals surface area contributed by atoms with Crippen LogP contribution in [0.4, 0.5) is 0 Å². The molecule has 0 bridgehead atoms. The van der Waals surface area contributed by atoms with E-state index in [9.17, 15) is 5.11 Å². The first-order valence-electron chi connectivity index (χ1n) is 5.48. The minimum absolute atomic E-state index is 0.0973. The van der Waals surface area contributed by atoms with Gasteiger partial charge in [-0.15, -0.1) is 0 Å². The van der Waals surface area contributed by atoms with Crippen LogP contribution in [0.15, 0.2) is 0 Å². The predicted octanol–water partition coefficient (Wildman–Crippen LogP) is 1.90. The van der Waals surface area contributed by atoms with Crippen LogP contribution >= 0.6 is 11.8 Å². The molecule has 0 aliphatic carbocycles. The quantitative estimate of drug-likeness (QED) is 0.692. The van der Waals surface area contributed by atoms with Crippen molar-refractivity contribution in [2.45, 2.75) is 38.4 Å². The molecule has 14 heavy (non-hydrogen) atoms. The second-order valence-electron chi connectivity index (χ2n) is 4.61. The number of thioether (sulfide) groups is 1. The molecule has 2 N–H and O–H groups in total. The number of hydrogen-bond acceptors (Lipinski definition) is 3. The van der Waals surface area contributed by atoms with Gasteiger partial charge in [-0.2, -0.15) is 11.8 Å². The van der Waals surface area contributed by atoms with Gasteiger partial charge in [0.05, 0.1) is 0 Å². The van der Waals surface area contributed by atoms with Crippen molar-refractivity contribution in [2.75, 3.05) is 19.0 Å². The second-order valence-corrected chi connectivity index (χ2v) is 5.84. The highest BCUT2D eigenvalue weighted by atomic mass is 32.2. The molecule has 0 spiro atoms. The third-order valence-corrected chi connectivity index (χ3v) is 5.49. The Labute approximate surface area is 91.1 Å². The lowest BCUT2D eigenvalue weighted by Gasteiger charge is -2.32. The molecule has 1 unspecified atom stereocenters. The van der Waals surface area contributed by atoms with E-state index in [-0.39, 0.29) is 5.41 Å². The van der Waals surface area contributed by atoms with Gasteiger partial charge in [0.15, 0.2) is 0 Å². The molecule has 1 rings (SSSR count). The summed E-state index contributed by atoms with van der Waals surface area (Å²) < 4.78 is 0.